The summed E-state index contributed by atoms with van der Waals surface area (Å²) in [6, 6.07) is -0.0958. The van der Waals surface area contributed by atoms with Crippen molar-refractivity contribution in [3.8, 4) is 0 Å². The van der Waals surface area contributed by atoms with Gasteiger partial charge in [-0.2, -0.15) is 0 Å². The van der Waals surface area contributed by atoms with Crippen molar-refractivity contribution in [1.29, 1.82) is 0 Å². The molecule has 74 valence electrons. The van der Waals surface area contributed by atoms with Crippen molar-refractivity contribution in [2.75, 3.05) is 6.54 Å². The van der Waals surface area contributed by atoms with E-state index in [1.54, 1.807) is 4.90 Å². The SMILES string of the molecule is CC(C)NC(=O)[C@@H]1CCCN1C=O. The summed E-state index contributed by atoms with van der Waals surface area (Å²) in [5.74, 6) is -0.0281. The number of carbonyl (C=O) groups excluding carboxylic acids is 2. The molecule has 0 unspecified atom stereocenters. The standard InChI is InChI=1S/C9H16N2O2/c1-7(2)10-9(13)8-4-3-5-11(8)6-12/h6-8H,3-5H2,1-2H3,(H,10,13)/t8-/m0/s1. The van der Waals surface area contributed by atoms with Gasteiger partial charge in [-0.25, -0.2) is 0 Å². The maximum absolute atomic E-state index is 11.5. The van der Waals surface area contributed by atoms with Crippen LogP contribution in [0.15, 0.2) is 0 Å². The average molecular weight is 184 g/mol. The summed E-state index contributed by atoms with van der Waals surface area (Å²) in [5, 5.41) is 2.81. The number of amides is 2. The summed E-state index contributed by atoms with van der Waals surface area (Å²) in [6.07, 6.45) is 2.48. The van der Waals surface area contributed by atoms with Crippen LogP contribution in [0.4, 0.5) is 0 Å². The van der Waals surface area contributed by atoms with Gasteiger partial charge in [-0.1, -0.05) is 0 Å². The predicted molar refractivity (Wildman–Crippen MR) is 49.1 cm³/mol. The first kappa shape index (κ1) is 10.0. The average Bonchev–Trinajstić information content (AvgIpc) is 2.49. The molecule has 1 atom stereocenters. The Morgan fingerprint density at radius 1 is 1.62 bits per heavy atom. The highest BCUT2D eigenvalue weighted by Crippen LogP contribution is 2.14. The molecule has 2 amide bonds. The molecule has 0 aromatic rings. The number of carbonyl (C=O) groups is 2. The lowest BCUT2D eigenvalue weighted by Gasteiger charge is -2.20. The minimum absolute atomic E-state index is 0.0281. The second-order valence-corrected chi connectivity index (χ2v) is 3.66. The quantitative estimate of drug-likeness (QED) is 0.634. The van der Waals surface area contributed by atoms with Gasteiger partial charge in [0.2, 0.25) is 12.3 Å². The van der Waals surface area contributed by atoms with Crippen molar-refractivity contribution >= 4 is 12.3 Å². The fraction of sp³-hybridized carbons (Fsp3) is 0.778. The van der Waals surface area contributed by atoms with Gasteiger partial charge in [0.05, 0.1) is 0 Å². The number of hydrogen-bond acceptors (Lipinski definition) is 2. The van der Waals surface area contributed by atoms with E-state index in [2.05, 4.69) is 5.32 Å². The summed E-state index contributed by atoms with van der Waals surface area (Å²) >= 11 is 0. The van der Waals surface area contributed by atoms with E-state index in [1.165, 1.54) is 0 Å². The van der Waals surface area contributed by atoms with Crippen molar-refractivity contribution < 1.29 is 9.59 Å². The Labute approximate surface area is 78.3 Å². The Balaban J connectivity index is 2.50. The van der Waals surface area contributed by atoms with Crippen molar-refractivity contribution in [3.63, 3.8) is 0 Å². The highest BCUT2D eigenvalue weighted by molar-refractivity contribution is 5.84. The Morgan fingerprint density at radius 3 is 2.85 bits per heavy atom. The van der Waals surface area contributed by atoms with Gasteiger partial charge in [-0.3, -0.25) is 9.59 Å². The molecule has 13 heavy (non-hydrogen) atoms. The van der Waals surface area contributed by atoms with E-state index in [0.717, 1.165) is 19.3 Å². The van der Waals surface area contributed by atoms with Gasteiger partial charge in [-0.15, -0.1) is 0 Å². The van der Waals surface area contributed by atoms with Gasteiger partial charge in [-0.05, 0) is 26.7 Å². The maximum Gasteiger partial charge on any atom is 0.242 e. The normalized spacial score (nSPS) is 22.1. The van der Waals surface area contributed by atoms with Crippen LogP contribution in [-0.2, 0) is 9.59 Å². The van der Waals surface area contributed by atoms with E-state index in [-0.39, 0.29) is 18.0 Å². The molecule has 1 aliphatic rings. The zero-order valence-electron chi connectivity index (χ0n) is 8.12. The molecule has 1 rings (SSSR count). The minimum Gasteiger partial charge on any atom is -0.352 e. The Kier molecular flexibility index (Phi) is 3.28. The Bertz CT molecular complexity index is 204. The Morgan fingerprint density at radius 2 is 2.31 bits per heavy atom. The van der Waals surface area contributed by atoms with Crippen molar-refractivity contribution in [2.24, 2.45) is 0 Å². The molecule has 0 aromatic carbocycles. The van der Waals surface area contributed by atoms with Crippen LogP contribution < -0.4 is 5.32 Å². The number of nitrogens with one attached hydrogen (secondary N) is 1. The second kappa shape index (κ2) is 4.25. The molecule has 1 saturated heterocycles. The predicted octanol–water partition coefficient (Wildman–Crippen LogP) is 0.132. The lowest BCUT2D eigenvalue weighted by molar-refractivity contribution is -0.131. The van der Waals surface area contributed by atoms with E-state index in [1.807, 2.05) is 13.8 Å². The van der Waals surface area contributed by atoms with Crippen molar-refractivity contribution in [2.45, 2.75) is 38.8 Å². The lowest BCUT2D eigenvalue weighted by Crippen LogP contribution is -2.44. The Hall–Kier alpha value is -1.06. The fourth-order valence-electron chi connectivity index (χ4n) is 1.58. The maximum atomic E-state index is 11.5. The van der Waals surface area contributed by atoms with Crippen molar-refractivity contribution in [3.05, 3.63) is 0 Å². The molecule has 0 aromatic heterocycles. The minimum atomic E-state index is -0.236. The zero-order chi connectivity index (χ0) is 9.84. The molecule has 4 heteroatoms. The molecule has 1 fully saturated rings. The number of hydrogen-bond donors (Lipinski definition) is 1. The first-order chi connectivity index (χ1) is 6.15. The third-order valence-electron chi connectivity index (χ3n) is 2.16. The molecule has 0 saturated carbocycles. The van der Waals surface area contributed by atoms with E-state index < -0.39 is 0 Å². The molecule has 0 bridgehead atoms. The third kappa shape index (κ3) is 2.44. The lowest BCUT2D eigenvalue weighted by atomic mass is 10.2. The van der Waals surface area contributed by atoms with Crippen LogP contribution in [0.25, 0.3) is 0 Å². The molecule has 0 spiro atoms. The zero-order valence-corrected chi connectivity index (χ0v) is 8.12. The smallest absolute Gasteiger partial charge is 0.242 e. The van der Waals surface area contributed by atoms with E-state index in [0.29, 0.717) is 6.54 Å². The monoisotopic (exact) mass is 184 g/mol. The van der Waals surface area contributed by atoms with Crippen LogP contribution in [0, 0.1) is 0 Å². The largest absolute Gasteiger partial charge is 0.352 e. The molecule has 0 radical (unpaired) electrons. The van der Waals surface area contributed by atoms with Gasteiger partial charge in [0.15, 0.2) is 0 Å². The molecule has 4 nitrogen and oxygen atoms in total. The number of likely N-dealkylation sites (tertiary alicyclic amines) is 1. The highest BCUT2D eigenvalue weighted by Gasteiger charge is 2.29. The summed E-state index contributed by atoms with van der Waals surface area (Å²) in [5.41, 5.74) is 0. The molecular formula is C9H16N2O2. The van der Waals surface area contributed by atoms with Crippen LogP contribution >= 0.6 is 0 Å². The molecule has 1 aliphatic heterocycles. The summed E-state index contributed by atoms with van der Waals surface area (Å²) < 4.78 is 0. The van der Waals surface area contributed by atoms with Crippen LogP contribution in [-0.4, -0.2) is 35.8 Å². The van der Waals surface area contributed by atoms with E-state index >= 15 is 0 Å². The van der Waals surface area contributed by atoms with Gasteiger partial charge in [0.1, 0.15) is 6.04 Å². The molecular weight excluding hydrogens is 168 g/mol. The van der Waals surface area contributed by atoms with Crippen molar-refractivity contribution in [1.82, 2.24) is 10.2 Å². The molecule has 1 N–H and O–H groups in total. The fourth-order valence-corrected chi connectivity index (χ4v) is 1.58. The topological polar surface area (TPSA) is 49.4 Å². The highest BCUT2D eigenvalue weighted by atomic mass is 16.2. The van der Waals surface area contributed by atoms with Crippen LogP contribution in [0.1, 0.15) is 26.7 Å². The van der Waals surface area contributed by atoms with E-state index in [9.17, 15) is 9.59 Å². The molecule has 1 heterocycles. The summed E-state index contributed by atoms with van der Waals surface area (Å²) in [7, 11) is 0. The van der Waals surface area contributed by atoms with Gasteiger partial charge < -0.3 is 10.2 Å². The summed E-state index contributed by atoms with van der Waals surface area (Å²) in [6.45, 7) is 4.54. The first-order valence-corrected chi connectivity index (χ1v) is 4.66. The van der Waals surface area contributed by atoms with E-state index in [4.69, 9.17) is 0 Å². The van der Waals surface area contributed by atoms with Crippen LogP contribution in [0.2, 0.25) is 0 Å². The summed E-state index contributed by atoms with van der Waals surface area (Å²) in [4.78, 5) is 23.6. The molecule has 0 aliphatic carbocycles. The first-order valence-electron chi connectivity index (χ1n) is 4.66. The number of nitrogens with zero attached hydrogens (tertiary/aromatic N) is 1. The van der Waals surface area contributed by atoms with Crippen LogP contribution in [0.3, 0.4) is 0 Å². The number of rotatable bonds is 3. The third-order valence-corrected chi connectivity index (χ3v) is 2.16. The van der Waals surface area contributed by atoms with Gasteiger partial charge in [0.25, 0.3) is 0 Å². The van der Waals surface area contributed by atoms with Gasteiger partial charge in [0, 0.05) is 12.6 Å². The van der Waals surface area contributed by atoms with Gasteiger partial charge >= 0.3 is 0 Å². The second-order valence-electron chi connectivity index (χ2n) is 3.66. The van der Waals surface area contributed by atoms with Crippen LogP contribution in [0.5, 0.6) is 0 Å².